The quantitative estimate of drug-likeness (QED) is 0.583. The normalized spacial score (nSPS) is 13.9. The minimum absolute atomic E-state index is 0.389. The Balaban J connectivity index is 3.07. The number of hydrogen-bond donors (Lipinski definition) is 1. The van der Waals surface area contributed by atoms with E-state index in [1.165, 1.54) is 0 Å². The van der Waals surface area contributed by atoms with E-state index < -0.39 is 0 Å². The number of rotatable bonds is 4. The van der Waals surface area contributed by atoms with Crippen LogP contribution in [0, 0.1) is 0 Å². The summed E-state index contributed by atoms with van der Waals surface area (Å²) in [5, 5.41) is 3.04. The Labute approximate surface area is 51.2 Å². The summed E-state index contributed by atoms with van der Waals surface area (Å²) < 4.78 is 5.08. The molecular weight excluding hydrogens is 102 g/mol. The lowest BCUT2D eigenvalue weighted by Gasteiger charge is -2.10. The minimum Gasteiger partial charge on any atom is -0.380 e. The van der Waals surface area contributed by atoms with Gasteiger partial charge >= 0.3 is 0 Å². The first-order valence-electron chi connectivity index (χ1n) is 3.02. The van der Waals surface area contributed by atoms with Gasteiger partial charge in [-0.2, -0.15) is 0 Å². The van der Waals surface area contributed by atoms with Gasteiger partial charge in [-0.3, -0.25) is 0 Å². The van der Waals surface area contributed by atoms with E-state index in [1.807, 2.05) is 7.05 Å². The van der Waals surface area contributed by atoms with Gasteiger partial charge in [0.1, 0.15) is 0 Å². The summed E-state index contributed by atoms with van der Waals surface area (Å²) in [6.45, 7) is 3.07. The monoisotopic (exact) mass is 117 g/mol. The summed E-state index contributed by atoms with van der Waals surface area (Å²) in [6, 6.07) is 0. The first-order chi connectivity index (χ1) is 3.85. The maximum atomic E-state index is 5.08. The van der Waals surface area contributed by atoms with Crippen LogP contribution in [0.2, 0.25) is 0 Å². The summed E-state index contributed by atoms with van der Waals surface area (Å²) in [5.74, 6) is 0. The van der Waals surface area contributed by atoms with Gasteiger partial charge in [0.15, 0.2) is 0 Å². The van der Waals surface area contributed by atoms with Gasteiger partial charge in [-0.1, -0.05) is 6.92 Å². The highest BCUT2D eigenvalue weighted by Gasteiger charge is 1.98. The van der Waals surface area contributed by atoms with Crippen LogP contribution in [0.15, 0.2) is 0 Å². The fraction of sp³-hybridized carbons (Fsp3) is 1.00. The molecule has 0 aromatic heterocycles. The second-order valence-electron chi connectivity index (χ2n) is 1.82. The van der Waals surface area contributed by atoms with Crippen molar-refractivity contribution in [2.45, 2.75) is 19.4 Å². The van der Waals surface area contributed by atoms with Crippen molar-refractivity contribution in [3.8, 4) is 0 Å². The molecule has 1 atom stereocenters. The van der Waals surface area contributed by atoms with Crippen LogP contribution in [0.4, 0.5) is 0 Å². The molecule has 0 saturated carbocycles. The molecule has 0 saturated heterocycles. The van der Waals surface area contributed by atoms with Gasteiger partial charge < -0.3 is 10.1 Å². The summed E-state index contributed by atoms with van der Waals surface area (Å²) in [7, 11) is 3.67. The topological polar surface area (TPSA) is 21.3 Å². The molecule has 1 N–H and O–H groups in total. The van der Waals surface area contributed by atoms with Crippen molar-refractivity contribution in [3.05, 3.63) is 0 Å². The number of nitrogens with one attached hydrogen (secondary N) is 1. The third-order valence-electron chi connectivity index (χ3n) is 1.22. The van der Waals surface area contributed by atoms with Gasteiger partial charge in [-0.15, -0.1) is 0 Å². The summed E-state index contributed by atoms with van der Waals surface area (Å²) >= 11 is 0. The Bertz CT molecular complexity index is 43.8. The molecule has 0 spiro atoms. The maximum Gasteiger partial charge on any atom is 0.0692 e. The van der Waals surface area contributed by atoms with Crippen LogP contribution in [0.1, 0.15) is 13.3 Å². The first kappa shape index (κ1) is 7.92. The SMILES string of the molecule is CC[C@@H](CNC)OC. The smallest absolute Gasteiger partial charge is 0.0692 e. The second-order valence-corrected chi connectivity index (χ2v) is 1.82. The van der Waals surface area contributed by atoms with Crippen LogP contribution in [-0.4, -0.2) is 26.8 Å². The molecule has 0 unspecified atom stereocenters. The average Bonchev–Trinajstić information content (AvgIpc) is 1.83. The molecule has 0 heterocycles. The molecule has 0 aliphatic carbocycles. The molecule has 0 fully saturated rings. The van der Waals surface area contributed by atoms with Crippen molar-refractivity contribution in [3.63, 3.8) is 0 Å². The molecule has 0 aliphatic heterocycles. The van der Waals surface area contributed by atoms with E-state index in [2.05, 4.69) is 12.2 Å². The van der Waals surface area contributed by atoms with E-state index >= 15 is 0 Å². The van der Waals surface area contributed by atoms with Crippen molar-refractivity contribution < 1.29 is 4.74 Å². The van der Waals surface area contributed by atoms with Gasteiger partial charge in [0.25, 0.3) is 0 Å². The van der Waals surface area contributed by atoms with Crippen molar-refractivity contribution in [2.24, 2.45) is 0 Å². The summed E-state index contributed by atoms with van der Waals surface area (Å²) in [5.41, 5.74) is 0. The van der Waals surface area contributed by atoms with Crippen LogP contribution in [0.3, 0.4) is 0 Å². The minimum atomic E-state index is 0.389. The molecule has 0 amide bonds. The lowest BCUT2D eigenvalue weighted by molar-refractivity contribution is 0.100. The van der Waals surface area contributed by atoms with Gasteiger partial charge in [-0.05, 0) is 13.5 Å². The number of likely N-dealkylation sites (N-methyl/N-ethyl adjacent to an activating group) is 1. The highest BCUT2D eigenvalue weighted by molar-refractivity contribution is 4.54. The lowest BCUT2D eigenvalue weighted by atomic mass is 10.3. The molecule has 2 nitrogen and oxygen atoms in total. The number of methoxy groups -OCH3 is 1. The number of ether oxygens (including phenoxy) is 1. The van der Waals surface area contributed by atoms with Crippen LogP contribution in [0.5, 0.6) is 0 Å². The van der Waals surface area contributed by atoms with E-state index in [9.17, 15) is 0 Å². The Morgan fingerprint density at radius 1 is 1.62 bits per heavy atom. The Morgan fingerprint density at radius 3 is 2.38 bits per heavy atom. The zero-order chi connectivity index (χ0) is 6.41. The summed E-state index contributed by atoms with van der Waals surface area (Å²) in [4.78, 5) is 0. The third kappa shape index (κ3) is 2.99. The third-order valence-corrected chi connectivity index (χ3v) is 1.22. The molecule has 0 rings (SSSR count). The molecule has 8 heavy (non-hydrogen) atoms. The molecule has 0 radical (unpaired) electrons. The average molecular weight is 117 g/mol. The van der Waals surface area contributed by atoms with Crippen molar-refractivity contribution in [1.29, 1.82) is 0 Å². The summed E-state index contributed by atoms with van der Waals surface area (Å²) in [6.07, 6.45) is 1.47. The molecule has 50 valence electrons. The van der Waals surface area contributed by atoms with Crippen LogP contribution >= 0.6 is 0 Å². The standard InChI is InChI=1S/C6H15NO/c1-4-6(8-3)5-7-2/h6-7H,4-5H2,1-3H3/t6-/m0/s1. The zero-order valence-corrected chi connectivity index (χ0v) is 5.90. The molecule has 0 bridgehead atoms. The Kier molecular flexibility index (Phi) is 5.01. The molecule has 0 aliphatic rings. The maximum absolute atomic E-state index is 5.08. The molecule has 2 heteroatoms. The zero-order valence-electron chi connectivity index (χ0n) is 5.90. The van der Waals surface area contributed by atoms with Gasteiger partial charge in [-0.25, -0.2) is 0 Å². The van der Waals surface area contributed by atoms with Gasteiger partial charge in [0.2, 0.25) is 0 Å². The van der Waals surface area contributed by atoms with Crippen molar-refractivity contribution >= 4 is 0 Å². The van der Waals surface area contributed by atoms with Crippen LogP contribution in [0.25, 0.3) is 0 Å². The van der Waals surface area contributed by atoms with Crippen molar-refractivity contribution in [1.82, 2.24) is 5.32 Å². The van der Waals surface area contributed by atoms with E-state index in [0.717, 1.165) is 13.0 Å². The van der Waals surface area contributed by atoms with Gasteiger partial charge in [0, 0.05) is 13.7 Å². The Morgan fingerprint density at radius 2 is 2.25 bits per heavy atom. The van der Waals surface area contributed by atoms with E-state index in [4.69, 9.17) is 4.74 Å². The van der Waals surface area contributed by atoms with Crippen molar-refractivity contribution in [2.75, 3.05) is 20.7 Å². The first-order valence-corrected chi connectivity index (χ1v) is 3.02. The fourth-order valence-electron chi connectivity index (χ4n) is 0.622. The number of hydrogen-bond acceptors (Lipinski definition) is 2. The van der Waals surface area contributed by atoms with Crippen LogP contribution < -0.4 is 5.32 Å². The Hall–Kier alpha value is -0.0800. The molecule has 0 aromatic carbocycles. The van der Waals surface area contributed by atoms with Crippen LogP contribution in [-0.2, 0) is 4.74 Å². The predicted molar refractivity (Wildman–Crippen MR) is 35.0 cm³/mol. The second kappa shape index (κ2) is 5.06. The van der Waals surface area contributed by atoms with E-state index in [-0.39, 0.29) is 0 Å². The molecular formula is C6H15NO. The fourth-order valence-corrected chi connectivity index (χ4v) is 0.622. The van der Waals surface area contributed by atoms with Gasteiger partial charge in [0.05, 0.1) is 6.10 Å². The predicted octanol–water partition coefficient (Wildman–Crippen LogP) is 0.631. The van der Waals surface area contributed by atoms with E-state index in [0.29, 0.717) is 6.10 Å². The highest BCUT2D eigenvalue weighted by Crippen LogP contribution is 1.91. The lowest BCUT2D eigenvalue weighted by Crippen LogP contribution is -2.24. The highest BCUT2D eigenvalue weighted by atomic mass is 16.5. The largest absolute Gasteiger partial charge is 0.380 e. The molecule has 0 aromatic rings. The van der Waals surface area contributed by atoms with E-state index in [1.54, 1.807) is 7.11 Å².